The SMILES string of the molecule is Cc1cc(N2CCN(C(=O)CCN3c4ccccc4Sc4ccccc43)CC2)nc(C)n1. The van der Waals surface area contributed by atoms with Gasteiger partial charge >= 0.3 is 0 Å². The molecule has 5 rings (SSSR count). The molecule has 0 N–H and O–H groups in total. The standard InChI is InChI=1S/C25H27N5OS/c1-18-17-24(27-19(2)26-18)28-13-15-29(16-14-28)25(31)11-12-30-20-7-3-5-9-22(20)32-23-10-6-4-8-21(23)30/h3-10,17H,11-16H2,1-2H3. The maximum atomic E-state index is 13.1. The number of anilines is 3. The molecule has 7 heteroatoms. The lowest BCUT2D eigenvalue weighted by Gasteiger charge is -2.36. The van der Waals surface area contributed by atoms with Gasteiger partial charge in [0.2, 0.25) is 5.91 Å². The first-order valence-electron chi connectivity index (χ1n) is 11.1. The molecule has 0 saturated carbocycles. The molecule has 1 saturated heterocycles. The van der Waals surface area contributed by atoms with E-state index in [0.717, 1.165) is 43.5 Å². The van der Waals surface area contributed by atoms with Crippen LogP contribution in [0.1, 0.15) is 17.9 Å². The summed E-state index contributed by atoms with van der Waals surface area (Å²) in [4.78, 5) is 31.0. The van der Waals surface area contributed by atoms with Crippen LogP contribution in [-0.4, -0.2) is 53.5 Å². The first-order chi connectivity index (χ1) is 15.6. The Kier molecular flexibility index (Phi) is 5.74. The molecule has 1 amide bonds. The van der Waals surface area contributed by atoms with Crippen molar-refractivity contribution in [2.75, 3.05) is 42.5 Å². The lowest BCUT2D eigenvalue weighted by Crippen LogP contribution is -2.49. The number of carbonyl (C=O) groups excluding carboxylic acids is 1. The fourth-order valence-corrected chi connectivity index (χ4v) is 5.53. The third-order valence-corrected chi connectivity index (χ3v) is 7.12. The van der Waals surface area contributed by atoms with Crippen LogP contribution >= 0.6 is 11.8 Å². The fraction of sp³-hybridized carbons (Fsp3) is 0.320. The van der Waals surface area contributed by atoms with Crippen LogP contribution < -0.4 is 9.80 Å². The minimum absolute atomic E-state index is 0.216. The molecule has 0 unspecified atom stereocenters. The third kappa shape index (κ3) is 4.17. The summed E-state index contributed by atoms with van der Waals surface area (Å²) in [6.07, 6.45) is 0.499. The highest BCUT2D eigenvalue weighted by Crippen LogP contribution is 2.47. The maximum absolute atomic E-state index is 13.1. The highest BCUT2D eigenvalue weighted by atomic mass is 32.2. The van der Waals surface area contributed by atoms with E-state index in [-0.39, 0.29) is 5.91 Å². The van der Waals surface area contributed by atoms with Crippen LogP contribution in [0, 0.1) is 13.8 Å². The first kappa shape index (κ1) is 20.8. The number of piperazine rings is 1. The van der Waals surface area contributed by atoms with Gasteiger partial charge in [-0.2, -0.15) is 0 Å². The van der Waals surface area contributed by atoms with Gasteiger partial charge in [-0.3, -0.25) is 4.79 Å². The average molecular weight is 446 g/mol. The van der Waals surface area contributed by atoms with Gasteiger partial charge in [-0.25, -0.2) is 9.97 Å². The quantitative estimate of drug-likeness (QED) is 0.592. The van der Waals surface area contributed by atoms with Crippen molar-refractivity contribution in [2.45, 2.75) is 30.1 Å². The summed E-state index contributed by atoms with van der Waals surface area (Å²) in [5.41, 5.74) is 3.35. The molecule has 6 nitrogen and oxygen atoms in total. The van der Waals surface area contributed by atoms with Crippen molar-refractivity contribution in [1.82, 2.24) is 14.9 Å². The molecule has 2 aliphatic heterocycles. The van der Waals surface area contributed by atoms with Crippen LogP contribution in [0.25, 0.3) is 0 Å². The van der Waals surface area contributed by atoms with E-state index in [1.165, 1.54) is 21.2 Å². The van der Waals surface area contributed by atoms with Crippen molar-refractivity contribution in [3.63, 3.8) is 0 Å². The molecule has 2 aliphatic rings. The zero-order chi connectivity index (χ0) is 22.1. The molecule has 2 aromatic carbocycles. The van der Waals surface area contributed by atoms with Crippen molar-refractivity contribution in [2.24, 2.45) is 0 Å². The lowest BCUT2D eigenvalue weighted by atomic mass is 10.2. The molecule has 0 bridgehead atoms. The number of aryl methyl sites for hydroxylation is 2. The fourth-order valence-electron chi connectivity index (χ4n) is 4.43. The van der Waals surface area contributed by atoms with Gasteiger partial charge in [0.05, 0.1) is 11.4 Å². The van der Waals surface area contributed by atoms with E-state index in [1.807, 2.05) is 24.8 Å². The molecular weight excluding hydrogens is 418 g/mol. The second-order valence-electron chi connectivity index (χ2n) is 8.22. The summed E-state index contributed by atoms with van der Waals surface area (Å²) in [5.74, 6) is 1.97. The van der Waals surface area contributed by atoms with Crippen molar-refractivity contribution in [3.8, 4) is 0 Å². The van der Waals surface area contributed by atoms with Crippen molar-refractivity contribution >= 4 is 34.9 Å². The highest BCUT2D eigenvalue weighted by molar-refractivity contribution is 7.99. The molecule has 0 atom stereocenters. The van der Waals surface area contributed by atoms with E-state index >= 15 is 0 Å². The zero-order valence-electron chi connectivity index (χ0n) is 18.5. The van der Waals surface area contributed by atoms with E-state index in [9.17, 15) is 4.79 Å². The monoisotopic (exact) mass is 445 g/mol. The van der Waals surface area contributed by atoms with Gasteiger partial charge in [0, 0.05) is 60.7 Å². The van der Waals surface area contributed by atoms with Crippen molar-refractivity contribution in [1.29, 1.82) is 0 Å². The number of amides is 1. The van der Waals surface area contributed by atoms with Gasteiger partial charge < -0.3 is 14.7 Å². The number of hydrogen-bond acceptors (Lipinski definition) is 6. The molecular formula is C25H27N5OS. The maximum Gasteiger partial charge on any atom is 0.224 e. The first-order valence-corrected chi connectivity index (χ1v) is 11.9. The number of carbonyl (C=O) groups is 1. The lowest BCUT2D eigenvalue weighted by molar-refractivity contribution is -0.131. The van der Waals surface area contributed by atoms with E-state index in [0.29, 0.717) is 13.0 Å². The molecule has 164 valence electrons. The van der Waals surface area contributed by atoms with Gasteiger partial charge in [0.1, 0.15) is 11.6 Å². The summed E-state index contributed by atoms with van der Waals surface area (Å²) < 4.78 is 0. The average Bonchev–Trinajstić information content (AvgIpc) is 2.81. The van der Waals surface area contributed by atoms with Gasteiger partial charge in [-0.05, 0) is 38.1 Å². The molecule has 1 aromatic heterocycles. The van der Waals surface area contributed by atoms with Gasteiger partial charge in [0.15, 0.2) is 0 Å². The van der Waals surface area contributed by atoms with E-state index in [2.05, 4.69) is 68.3 Å². The van der Waals surface area contributed by atoms with E-state index in [4.69, 9.17) is 0 Å². The van der Waals surface area contributed by atoms with Crippen LogP contribution in [0.15, 0.2) is 64.4 Å². The Balaban J connectivity index is 1.24. The summed E-state index contributed by atoms with van der Waals surface area (Å²) >= 11 is 1.80. The Hall–Kier alpha value is -3.06. The normalized spacial score (nSPS) is 15.4. The Bertz CT molecular complexity index is 1080. The van der Waals surface area contributed by atoms with Crippen molar-refractivity contribution in [3.05, 3.63) is 66.1 Å². The third-order valence-electron chi connectivity index (χ3n) is 5.99. The number of aromatic nitrogens is 2. The Morgan fingerprint density at radius 3 is 2.16 bits per heavy atom. The van der Waals surface area contributed by atoms with Gasteiger partial charge in [-0.1, -0.05) is 36.0 Å². The predicted octanol–water partition coefficient (Wildman–Crippen LogP) is 4.44. The van der Waals surface area contributed by atoms with E-state index < -0.39 is 0 Å². The number of nitrogens with zero attached hydrogens (tertiary/aromatic N) is 5. The Morgan fingerprint density at radius 1 is 0.906 bits per heavy atom. The molecule has 3 aromatic rings. The van der Waals surface area contributed by atoms with Gasteiger partial charge in [-0.15, -0.1) is 0 Å². The molecule has 3 heterocycles. The van der Waals surface area contributed by atoms with Crippen LogP contribution in [0.4, 0.5) is 17.2 Å². The number of hydrogen-bond donors (Lipinski definition) is 0. The highest BCUT2D eigenvalue weighted by Gasteiger charge is 2.26. The largest absolute Gasteiger partial charge is 0.353 e. The minimum atomic E-state index is 0.216. The Morgan fingerprint density at radius 2 is 1.53 bits per heavy atom. The second kappa shape index (κ2) is 8.82. The molecule has 0 aliphatic carbocycles. The number of fused-ring (bicyclic) bond motifs is 2. The predicted molar refractivity (Wildman–Crippen MR) is 129 cm³/mol. The van der Waals surface area contributed by atoms with Crippen LogP contribution in [-0.2, 0) is 4.79 Å². The molecule has 32 heavy (non-hydrogen) atoms. The zero-order valence-corrected chi connectivity index (χ0v) is 19.3. The number of benzene rings is 2. The molecule has 0 spiro atoms. The van der Waals surface area contributed by atoms with Crippen LogP contribution in [0.2, 0.25) is 0 Å². The summed E-state index contributed by atoms with van der Waals surface area (Å²) in [6.45, 7) is 7.65. The minimum Gasteiger partial charge on any atom is -0.353 e. The molecule has 0 radical (unpaired) electrons. The van der Waals surface area contributed by atoms with Crippen LogP contribution in [0.3, 0.4) is 0 Å². The van der Waals surface area contributed by atoms with Gasteiger partial charge in [0.25, 0.3) is 0 Å². The Labute approximate surface area is 193 Å². The smallest absolute Gasteiger partial charge is 0.224 e. The second-order valence-corrected chi connectivity index (χ2v) is 9.31. The summed E-state index contributed by atoms with van der Waals surface area (Å²) in [7, 11) is 0. The number of para-hydroxylation sites is 2. The van der Waals surface area contributed by atoms with Crippen molar-refractivity contribution < 1.29 is 4.79 Å². The molecule has 1 fully saturated rings. The summed E-state index contributed by atoms with van der Waals surface area (Å²) in [6, 6.07) is 18.9. The topological polar surface area (TPSA) is 52.6 Å². The number of rotatable bonds is 4. The summed E-state index contributed by atoms with van der Waals surface area (Å²) in [5, 5.41) is 0. The van der Waals surface area contributed by atoms with Crippen LogP contribution in [0.5, 0.6) is 0 Å². The van der Waals surface area contributed by atoms with E-state index in [1.54, 1.807) is 11.8 Å².